The highest BCUT2D eigenvalue weighted by Gasteiger charge is 2.07. The zero-order valence-corrected chi connectivity index (χ0v) is 10.7. The van der Waals surface area contributed by atoms with E-state index in [1.165, 1.54) is 0 Å². The van der Waals surface area contributed by atoms with E-state index < -0.39 is 0 Å². The molecule has 0 spiro atoms. The molecule has 0 saturated heterocycles. The highest BCUT2D eigenvalue weighted by atomic mass is 33.1. The van der Waals surface area contributed by atoms with Gasteiger partial charge in [0.15, 0.2) is 0 Å². The number of rotatable bonds is 6. The number of hydrogen-bond acceptors (Lipinski definition) is 5. The van der Waals surface area contributed by atoms with Gasteiger partial charge in [0, 0.05) is 17.9 Å². The number of carbonyl (C=O) groups excluding carboxylic acids is 1. The lowest BCUT2D eigenvalue weighted by Crippen LogP contribution is -2.30. The first-order chi connectivity index (χ1) is 7.72. The van der Waals surface area contributed by atoms with Gasteiger partial charge in [-0.2, -0.15) is 0 Å². The number of nitrogens with two attached hydrogens (primary N) is 1. The van der Waals surface area contributed by atoms with Crippen molar-refractivity contribution in [2.75, 3.05) is 0 Å². The molecule has 0 aliphatic rings. The summed E-state index contributed by atoms with van der Waals surface area (Å²) in [5.41, 5.74) is 2.13. The Morgan fingerprint density at radius 3 is 3.06 bits per heavy atom. The van der Waals surface area contributed by atoms with Crippen molar-refractivity contribution in [2.45, 2.75) is 30.0 Å². The first kappa shape index (κ1) is 13.3. The maximum Gasteiger partial charge on any atom is 0.233 e. The van der Waals surface area contributed by atoms with Crippen LogP contribution < -0.4 is 11.3 Å². The van der Waals surface area contributed by atoms with E-state index in [0.29, 0.717) is 11.7 Å². The minimum atomic E-state index is -0.115. The van der Waals surface area contributed by atoms with Crippen LogP contribution in [0.4, 0.5) is 0 Å². The van der Waals surface area contributed by atoms with Crippen molar-refractivity contribution in [3.05, 3.63) is 24.4 Å². The smallest absolute Gasteiger partial charge is 0.233 e. The molecule has 0 aromatic carbocycles. The third-order valence-corrected chi connectivity index (χ3v) is 4.73. The van der Waals surface area contributed by atoms with Gasteiger partial charge in [-0.05, 0) is 29.3 Å². The maximum absolute atomic E-state index is 10.9. The predicted octanol–water partition coefficient (Wildman–Crippen LogP) is 1.98. The summed E-state index contributed by atoms with van der Waals surface area (Å²) >= 11 is 0. The molecule has 1 heterocycles. The summed E-state index contributed by atoms with van der Waals surface area (Å²) in [4.78, 5) is 15.1. The van der Waals surface area contributed by atoms with E-state index in [4.69, 9.17) is 5.84 Å². The predicted molar refractivity (Wildman–Crippen MR) is 68.7 cm³/mol. The minimum Gasteiger partial charge on any atom is -0.294 e. The first-order valence-corrected chi connectivity index (χ1v) is 7.17. The molecule has 0 aliphatic heterocycles. The van der Waals surface area contributed by atoms with Crippen molar-refractivity contribution >= 4 is 27.5 Å². The van der Waals surface area contributed by atoms with Gasteiger partial charge >= 0.3 is 0 Å². The van der Waals surface area contributed by atoms with Crippen LogP contribution in [0.1, 0.15) is 19.8 Å². The van der Waals surface area contributed by atoms with Crippen LogP contribution in [0.5, 0.6) is 0 Å². The largest absolute Gasteiger partial charge is 0.294 e. The number of nitrogens with zero attached hydrogens (tertiary/aromatic N) is 1. The van der Waals surface area contributed by atoms with Crippen molar-refractivity contribution in [3.63, 3.8) is 0 Å². The van der Waals surface area contributed by atoms with E-state index in [-0.39, 0.29) is 5.91 Å². The van der Waals surface area contributed by atoms with Crippen LogP contribution in [0.3, 0.4) is 0 Å². The Bertz CT molecular complexity index is 321. The number of aromatic nitrogens is 1. The summed E-state index contributed by atoms with van der Waals surface area (Å²) in [6.45, 7) is 2.09. The van der Waals surface area contributed by atoms with Crippen molar-refractivity contribution < 1.29 is 4.79 Å². The topological polar surface area (TPSA) is 68.0 Å². The minimum absolute atomic E-state index is 0.115. The van der Waals surface area contributed by atoms with Gasteiger partial charge in [-0.1, -0.05) is 23.8 Å². The summed E-state index contributed by atoms with van der Waals surface area (Å²) in [5.74, 6) is 4.89. The third-order valence-electron chi connectivity index (χ3n) is 1.87. The molecule has 88 valence electrons. The number of pyridine rings is 1. The Balaban J connectivity index is 2.20. The second-order valence-corrected chi connectivity index (χ2v) is 5.92. The second kappa shape index (κ2) is 7.54. The number of nitrogens with one attached hydrogen (secondary N) is 1. The molecule has 6 heteroatoms. The Labute approximate surface area is 103 Å². The average molecular weight is 257 g/mol. The Morgan fingerprint density at radius 1 is 1.62 bits per heavy atom. The quantitative estimate of drug-likeness (QED) is 0.353. The molecule has 1 aromatic rings. The zero-order chi connectivity index (χ0) is 11.8. The van der Waals surface area contributed by atoms with Crippen molar-refractivity contribution in [1.29, 1.82) is 0 Å². The van der Waals surface area contributed by atoms with E-state index in [1.54, 1.807) is 27.8 Å². The molecule has 0 aliphatic carbocycles. The Morgan fingerprint density at radius 2 is 2.44 bits per heavy atom. The first-order valence-electron chi connectivity index (χ1n) is 4.96. The van der Waals surface area contributed by atoms with Gasteiger partial charge in [-0.3, -0.25) is 10.2 Å². The van der Waals surface area contributed by atoms with Crippen LogP contribution in [-0.4, -0.2) is 16.1 Å². The number of carbonyl (C=O) groups is 1. The zero-order valence-electron chi connectivity index (χ0n) is 9.05. The summed E-state index contributed by atoms with van der Waals surface area (Å²) in [6, 6.07) is 5.82. The van der Waals surface area contributed by atoms with Crippen LogP contribution in [0, 0.1) is 0 Å². The maximum atomic E-state index is 10.9. The van der Waals surface area contributed by atoms with E-state index in [2.05, 4.69) is 17.3 Å². The monoisotopic (exact) mass is 257 g/mol. The van der Waals surface area contributed by atoms with Gasteiger partial charge in [-0.15, -0.1) is 0 Å². The molecule has 3 N–H and O–H groups in total. The standard InChI is InChI=1S/C10H15N3OS2/c1-8(5-6-9(14)13-11)15-16-10-4-2-3-7-12-10/h2-4,7-8H,5-6,11H2,1H3,(H,13,14). The van der Waals surface area contributed by atoms with Crippen LogP contribution in [0.25, 0.3) is 0 Å². The highest BCUT2D eigenvalue weighted by Crippen LogP contribution is 2.34. The van der Waals surface area contributed by atoms with E-state index in [0.717, 1.165) is 11.4 Å². The molecule has 1 rings (SSSR count). The summed E-state index contributed by atoms with van der Waals surface area (Å²) in [6.07, 6.45) is 3.05. The molecule has 0 bridgehead atoms. The third kappa shape index (κ3) is 5.39. The summed E-state index contributed by atoms with van der Waals surface area (Å²) in [5, 5.41) is 1.38. The molecule has 0 fully saturated rings. The molecule has 0 saturated carbocycles. The van der Waals surface area contributed by atoms with E-state index >= 15 is 0 Å². The van der Waals surface area contributed by atoms with Crippen molar-refractivity contribution in [3.8, 4) is 0 Å². The van der Waals surface area contributed by atoms with Gasteiger partial charge < -0.3 is 0 Å². The summed E-state index contributed by atoms with van der Waals surface area (Å²) in [7, 11) is 3.35. The van der Waals surface area contributed by atoms with Crippen molar-refractivity contribution in [1.82, 2.24) is 10.4 Å². The fourth-order valence-corrected chi connectivity index (χ4v) is 3.07. The van der Waals surface area contributed by atoms with Gasteiger partial charge in [0.1, 0.15) is 5.03 Å². The molecule has 1 atom stereocenters. The normalized spacial score (nSPS) is 12.1. The van der Waals surface area contributed by atoms with E-state index in [9.17, 15) is 4.79 Å². The molecular formula is C10H15N3OS2. The van der Waals surface area contributed by atoms with Gasteiger partial charge in [0.2, 0.25) is 5.91 Å². The Kier molecular flexibility index (Phi) is 6.29. The fourth-order valence-electron chi connectivity index (χ4n) is 0.982. The number of amides is 1. The number of hydrazine groups is 1. The highest BCUT2D eigenvalue weighted by molar-refractivity contribution is 8.76. The molecule has 16 heavy (non-hydrogen) atoms. The fraction of sp³-hybridized carbons (Fsp3) is 0.400. The second-order valence-electron chi connectivity index (χ2n) is 3.26. The SMILES string of the molecule is CC(CCC(=O)NN)SSc1ccccn1. The molecular weight excluding hydrogens is 242 g/mol. The van der Waals surface area contributed by atoms with Crippen LogP contribution >= 0.6 is 21.6 Å². The van der Waals surface area contributed by atoms with E-state index in [1.807, 2.05) is 18.2 Å². The average Bonchev–Trinajstić information content (AvgIpc) is 2.34. The molecule has 4 nitrogen and oxygen atoms in total. The van der Waals surface area contributed by atoms with Crippen LogP contribution in [0.2, 0.25) is 0 Å². The number of hydrogen-bond donors (Lipinski definition) is 2. The molecule has 1 unspecified atom stereocenters. The lowest BCUT2D eigenvalue weighted by Gasteiger charge is -2.08. The van der Waals surface area contributed by atoms with Crippen LogP contribution in [0.15, 0.2) is 29.4 Å². The van der Waals surface area contributed by atoms with Crippen molar-refractivity contribution in [2.24, 2.45) is 5.84 Å². The molecule has 1 amide bonds. The molecule has 1 aromatic heterocycles. The molecule has 0 radical (unpaired) electrons. The lowest BCUT2D eigenvalue weighted by molar-refractivity contribution is -0.121. The van der Waals surface area contributed by atoms with Gasteiger partial charge in [-0.25, -0.2) is 10.8 Å². The Hall–Kier alpha value is -0.720. The van der Waals surface area contributed by atoms with Crippen LogP contribution in [-0.2, 0) is 4.79 Å². The van der Waals surface area contributed by atoms with Gasteiger partial charge in [0.05, 0.1) is 0 Å². The lowest BCUT2D eigenvalue weighted by atomic mass is 10.2. The summed E-state index contributed by atoms with van der Waals surface area (Å²) < 4.78 is 0. The van der Waals surface area contributed by atoms with Gasteiger partial charge in [0.25, 0.3) is 0 Å².